The maximum atomic E-state index is 13.6. The minimum Gasteiger partial charge on any atom is -0.431 e. The number of amides is 3. The van der Waals surface area contributed by atoms with Crippen molar-refractivity contribution < 1.29 is 57.6 Å². The van der Waals surface area contributed by atoms with Gasteiger partial charge in [0.05, 0.1) is 18.1 Å². The number of aliphatic hydroxyl groups is 1. The lowest BCUT2D eigenvalue weighted by Gasteiger charge is -2.46. The van der Waals surface area contributed by atoms with Gasteiger partial charge >= 0.3 is 24.2 Å². The lowest BCUT2D eigenvalue weighted by Crippen LogP contribution is -2.63. The molecule has 0 bridgehead atoms. The third kappa shape index (κ3) is 8.06. The molecule has 0 spiro atoms. The van der Waals surface area contributed by atoms with Crippen LogP contribution in [-0.2, 0) is 42.9 Å². The number of likely N-dealkylation sites (tertiary alicyclic amines) is 1. The molecule has 0 aromatic rings. The van der Waals surface area contributed by atoms with E-state index in [1.54, 1.807) is 21.0 Å². The van der Waals surface area contributed by atoms with Gasteiger partial charge in [-0.3, -0.25) is 19.3 Å². The topological polar surface area (TPSA) is 179 Å². The van der Waals surface area contributed by atoms with E-state index >= 15 is 0 Å². The highest BCUT2D eigenvalue weighted by Gasteiger charge is 2.61. The second kappa shape index (κ2) is 15.8. The van der Waals surface area contributed by atoms with Crippen LogP contribution in [0.1, 0.15) is 67.2 Å². The Morgan fingerprint density at radius 1 is 1.02 bits per heavy atom. The molecule has 3 heterocycles. The van der Waals surface area contributed by atoms with Crippen molar-refractivity contribution in [2.75, 3.05) is 27.4 Å². The van der Waals surface area contributed by atoms with Crippen LogP contribution >= 0.6 is 11.8 Å². The van der Waals surface area contributed by atoms with Gasteiger partial charge in [0.25, 0.3) is 0 Å². The third-order valence-corrected chi connectivity index (χ3v) is 9.71. The number of esters is 2. The van der Waals surface area contributed by atoms with Crippen molar-refractivity contribution in [3.63, 3.8) is 0 Å². The first-order valence-electron chi connectivity index (χ1n) is 15.5. The van der Waals surface area contributed by atoms with Crippen molar-refractivity contribution in [3.8, 4) is 0 Å². The van der Waals surface area contributed by atoms with Gasteiger partial charge in [-0.05, 0) is 26.2 Å². The predicted molar refractivity (Wildman–Crippen MR) is 162 cm³/mol. The Labute approximate surface area is 272 Å². The van der Waals surface area contributed by atoms with Gasteiger partial charge in [-0.15, -0.1) is 11.8 Å². The highest BCUT2D eigenvalue weighted by Crippen LogP contribution is 2.52. The van der Waals surface area contributed by atoms with Gasteiger partial charge in [-0.1, -0.05) is 27.7 Å². The van der Waals surface area contributed by atoms with Crippen LogP contribution in [-0.4, -0.2) is 119 Å². The fraction of sp³-hybridized carbons (Fsp3) is 0.733. The molecule has 46 heavy (non-hydrogen) atoms. The number of rotatable bonds is 13. The number of fused-ring (bicyclic) bond motifs is 1. The molecule has 0 radical (unpaired) electrons. The first-order valence-corrected chi connectivity index (χ1v) is 16.3. The SMILES string of the molecule is CCC(=O)OCOC(=O)N1CC(SC2=C(C(=O)OC(C)OC(=O)OC(CC)CC)N3C(=O)C([C@@H](C)O)C3[C@H]2C)CC1C(=O)N(C)C. The Morgan fingerprint density at radius 3 is 2.24 bits per heavy atom. The largest absolute Gasteiger partial charge is 0.511 e. The normalized spacial score (nSPS) is 25.0. The summed E-state index contributed by atoms with van der Waals surface area (Å²) in [4.78, 5) is 80.8. The number of hydrogen-bond donors (Lipinski definition) is 1. The molecule has 3 amide bonds. The first-order chi connectivity index (χ1) is 21.7. The lowest BCUT2D eigenvalue weighted by atomic mass is 9.79. The van der Waals surface area contributed by atoms with Crippen LogP contribution in [0.15, 0.2) is 10.6 Å². The van der Waals surface area contributed by atoms with Gasteiger partial charge in [0.1, 0.15) is 17.8 Å². The van der Waals surface area contributed by atoms with E-state index in [9.17, 15) is 33.9 Å². The molecule has 3 aliphatic heterocycles. The Hall–Kier alpha value is -3.53. The van der Waals surface area contributed by atoms with Crippen LogP contribution in [0, 0.1) is 11.8 Å². The molecule has 3 rings (SSSR count). The molecule has 1 N–H and O–H groups in total. The molecule has 2 saturated heterocycles. The van der Waals surface area contributed by atoms with Gasteiger partial charge in [0.2, 0.25) is 24.9 Å². The summed E-state index contributed by atoms with van der Waals surface area (Å²) in [5.74, 6) is -3.41. The second-order valence-electron chi connectivity index (χ2n) is 11.6. The predicted octanol–water partition coefficient (Wildman–Crippen LogP) is 2.60. The van der Waals surface area contributed by atoms with Crippen LogP contribution < -0.4 is 0 Å². The Kier molecular flexibility index (Phi) is 12.7. The molecule has 16 heteroatoms. The molecule has 0 saturated carbocycles. The standard InChI is InChI=1S/C30H45N3O12S/c1-9-18(10-2)45-30(40)44-17(6)43-28(38)24-25(15(4)23-22(16(5)34)27(37)33(23)24)46-19-12-20(26(36)31(7)8)32(13-19)29(39)42-14-41-21(35)11-3/h15-20,22-23,34H,9-14H2,1-8H3/t15-,16-,17?,19?,20?,22?,23?/m1/s1. The smallest absolute Gasteiger partial charge is 0.431 e. The van der Waals surface area contributed by atoms with E-state index in [4.69, 9.17) is 23.7 Å². The number of likely N-dealkylation sites (N-methyl/N-ethyl adjacent to an activating group) is 1. The molecule has 0 aromatic heterocycles. The molecule has 7 atom stereocenters. The fourth-order valence-electron chi connectivity index (χ4n) is 5.78. The summed E-state index contributed by atoms with van der Waals surface area (Å²) in [6, 6.07) is -1.42. The average molecular weight is 672 g/mol. The van der Waals surface area contributed by atoms with E-state index in [1.165, 1.54) is 40.3 Å². The van der Waals surface area contributed by atoms with Gasteiger partial charge < -0.3 is 38.6 Å². The first kappa shape index (κ1) is 36.9. The Morgan fingerprint density at radius 2 is 1.67 bits per heavy atom. The summed E-state index contributed by atoms with van der Waals surface area (Å²) in [5, 5.41) is 9.92. The highest BCUT2D eigenvalue weighted by atomic mass is 32.2. The number of β-lactam (4-membered cyclic amide) rings is 1. The summed E-state index contributed by atoms with van der Waals surface area (Å²) >= 11 is 1.23. The summed E-state index contributed by atoms with van der Waals surface area (Å²) in [5.41, 5.74) is -0.0452. The minimum absolute atomic E-state index is 0.0452. The van der Waals surface area contributed by atoms with Crippen LogP contribution in [0.4, 0.5) is 9.59 Å². The van der Waals surface area contributed by atoms with Gasteiger partial charge in [-0.2, -0.15) is 0 Å². The van der Waals surface area contributed by atoms with E-state index in [2.05, 4.69) is 0 Å². The number of hydrogen-bond acceptors (Lipinski definition) is 13. The molecular formula is C30H45N3O12S. The molecular weight excluding hydrogens is 626 g/mol. The zero-order valence-electron chi connectivity index (χ0n) is 27.5. The highest BCUT2D eigenvalue weighted by molar-refractivity contribution is 8.03. The molecule has 0 aliphatic carbocycles. The number of thioether (sulfide) groups is 1. The van der Waals surface area contributed by atoms with E-state index < -0.39 is 78.5 Å². The van der Waals surface area contributed by atoms with Crippen LogP contribution in [0.2, 0.25) is 0 Å². The molecule has 2 fully saturated rings. The van der Waals surface area contributed by atoms with E-state index in [0.717, 1.165) is 0 Å². The molecule has 3 aliphatic rings. The summed E-state index contributed by atoms with van der Waals surface area (Å²) in [6.07, 6.45) is -3.05. The molecule has 15 nitrogen and oxygen atoms in total. The van der Waals surface area contributed by atoms with Crippen molar-refractivity contribution in [1.29, 1.82) is 0 Å². The molecule has 0 aromatic carbocycles. The number of carbonyl (C=O) groups excluding carboxylic acids is 6. The van der Waals surface area contributed by atoms with Crippen molar-refractivity contribution in [3.05, 3.63) is 10.6 Å². The lowest BCUT2D eigenvalue weighted by molar-refractivity contribution is -0.174. The Balaban J connectivity index is 1.84. The third-order valence-electron chi connectivity index (χ3n) is 8.22. The number of carbonyl (C=O) groups is 6. The van der Waals surface area contributed by atoms with Crippen molar-refractivity contribution in [1.82, 2.24) is 14.7 Å². The van der Waals surface area contributed by atoms with Gasteiger partial charge in [0, 0.05) is 50.1 Å². The van der Waals surface area contributed by atoms with E-state index in [1.807, 2.05) is 20.8 Å². The average Bonchev–Trinajstić information content (AvgIpc) is 3.52. The number of aliphatic hydroxyl groups excluding tert-OH is 1. The van der Waals surface area contributed by atoms with E-state index in [-0.39, 0.29) is 37.1 Å². The summed E-state index contributed by atoms with van der Waals surface area (Å²) in [7, 11) is 3.11. The zero-order valence-corrected chi connectivity index (χ0v) is 28.4. The molecule has 258 valence electrons. The van der Waals surface area contributed by atoms with Crippen molar-refractivity contribution >= 4 is 47.8 Å². The van der Waals surface area contributed by atoms with Crippen molar-refractivity contribution in [2.45, 2.75) is 103 Å². The zero-order chi connectivity index (χ0) is 34.5. The van der Waals surface area contributed by atoms with Gasteiger partial charge in [0.15, 0.2) is 0 Å². The second-order valence-corrected chi connectivity index (χ2v) is 13.0. The van der Waals surface area contributed by atoms with Gasteiger partial charge in [-0.25, -0.2) is 14.4 Å². The maximum absolute atomic E-state index is 13.6. The summed E-state index contributed by atoms with van der Waals surface area (Å²) in [6.45, 7) is 9.42. The van der Waals surface area contributed by atoms with E-state index in [0.29, 0.717) is 17.7 Å². The molecule has 5 unspecified atom stereocenters. The minimum atomic E-state index is -1.34. The fourth-order valence-corrected chi connectivity index (χ4v) is 7.30. The summed E-state index contributed by atoms with van der Waals surface area (Å²) < 4.78 is 25.7. The maximum Gasteiger partial charge on any atom is 0.511 e. The monoisotopic (exact) mass is 671 g/mol. The van der Waals surface area contributed by atoms with Crippen LogP contribution in [0.3, 0.4) is 0 Å². The Bertz CT molecular complexity index is 1220. The number of nitrogens with zero attached hydrogens (tertiary/aromatic N) is 3. The van der Waals surface area contributed by atoms with Crippen LogP contribution in [0.5, 0.6) is 0 Å². The van der Waals surface area contributed by atoms with Crippen molar-refractivity contribution in [2.24, 2.45) is 11.8 Å². The quantitative estimate of drug-likeness (QED) is 0.131. The number of ether oxygens (including phenoxy) is 5. The van der Waals surface area contributed by atoms with Crippen LogP contribution in [0.25, 0.3) is 0 Å².